The Morgan fingerprint density at radius 3 is 2.53 bits per heavy atom. The molecule has 1 heterocycles. The van der Waals surface area contributed by atoms with Gasteiger partial charge in [-0.2, -0.15) is 0 Å². The quantitative estimate of drug-likeness (QED) is 0.853. The molecule has 1 aliphatic heterocycles. The minimum atomic E-state index is 0.745. The minimum absolute atomic E-state index is 0.745. The van der Waals surface area contributed by atoms with Gasteiger partial charge in [0, 0.05) is 30.5 Å². The van der Waals surface area contributed by atoms with E-state index in [1.54, 1.807) is 0 Å². The molecule has 0 atom stereocenters. The molecule has 82 valence electrons. The number of ether oxygens (including phenoxy) is 1. The maximum atomic E-state index is 5.82. The molecule has 1 aromatic carbocycles. The van der Waals surface area contributed by atoms with Crippen LogP contribution in [0.15, 0.2) is 24.3 Å². The summed E-state index contributed by atoms with van der Waals surface area (Å²) < 4.78 is 5.32. The minimum Gasteiger partial charge on any atom is -0.385 e. The number of halogens is 1. The second-order valence-corrected chi connectivity index (χ2v) is 4.38. The molecule has 2 rings (SSSR count). The SMILES string of the molecule is Clc1ccc(NCC2CCOCC2)cc1. The maximum absolute atomic E-state index is 5.82. The van der Waals surface area contributed by atoms with E-state index in [1.807, 2.05) is 24.3 Å². The standard InChI is InChI=1S/C12H16ClNO/c13-11-1-3-12(4-2-11)14-9-10-5-7-15-8-6-10/h1-4,10,14H,5-9H2. The van der Waals surface area contributed by atoms with Crippen molar-refractivity contribution in [2.75, 3.05) is 25.1 Å². The van der Waals surface area contributed by atoms with E-state index in [0.717, 1.165) is 36.4 Å². The first kappa shape index (κ1) is 10.8. The maximum Gasteiger partial charge on any atom is 0.0469 e. The van der Waals surface area contributed by atoms with E-state index < -0.39 is 0 Å². The molecule has 0 amide bonds. The van der Waals surface area contributed by atoms with Crippen LogP contribution in [0, 0.1) is 5.92 Å². The molecule has 0 bridgehead atoms. The molecule has 0 aliphatic carbocycles. The molecule has 2 nitrogen and oxygen atoms in total. The highest BCUT2D eigenvalue weighted by Gasteiger charge is 2.12. The van der Waals surface area contributed by atoms with E-state index in [1.165, 1.54) is 12.8 Å². The third-order valence-electron chi connectivity index (χ3n) is 2.78. The van der Waals surface area contributed by atoms with E-state index in [2.05, 4.69) is 5.32 Å². The summed E-state index contributed by atoms with van der Waals surface area (Å²) in [7, 11) is 0. The van der Waals surface area contributed by atoms with Crippen LogP contribution in [0.5, 0.6) is 0 Å². The van der Waals surface area contributed by atoms with Crippen molar-refractivity contribution in [2.24, 2.45) is 5.92 Å². The molecule has 0 unspecified atom stereocenters. The number of anilines is 1. The second-order valence-electron chi connectivity index (χ2n) is 3.94. The number of rotatable bonds is 3. The van der Waals surface area contributed by atoms with Gasteiger partial charge in [-0.05, 0) is 43.0 Å². The zero-order chi connectivity index (χ0) is 10.5. The summed E-state index contributed by atoms with van der Waals surface area (Å²) in [5.41, 5.74) is 1.14. The summed E-state index contributed by atoms with van der Waals surface area (Å²) in [4.78, 5) is 0. The summed E-state index contributed by atoms with van der Waals surface area (Å²) in [5, 5.41) is 4.21. The van der Waals surface area contributed by atoms with E-state index in [-0.39, 0.29) is 0 Å². The lowest BCUT2D eigenvalue weighted by Gasteiger charge is -2.22. The molecule has 1 aromatic rings. The number of hydrogen-bond donors (Lipinski definition) is 1. The van der Waals surface area contributed by atoms with Crippen LogP contribution >= 0.6 is 11.6 Å². The van der Waals surface area contributed by atoms with Gasteiger partial charge in [-0.3, -0.25) is 0 Å². The van der Waals surface area contributed by atoms with Crippen LogP contribution in [-0.2, 0) is 4.74 Å². The van der Waals surface area contributed by atoms with Crippen molar-refractivity contribution in [3.05, 3.63) is 29.3 Å². The Kier molecular flexibility index (Phi) is 3.87. The Hall–Kier alpha value is -0.730. The van der Waals surface area contributed by atoms with Gasteiger partial charge in [-0.15, -0.1) is 0 Å². The zero-order valence-electron chi connectivity index (χ0n) is 8.71. The Bertz CT molecular complexity index is 293. The van der Waals surface area contributed by atoms with Crippen molar-refractivity contribution in [3.63, 3.8) is 0 Å². The molecule has 0 aromatic heterocycles. The Balaban J connectivity index is 1.79. The average Bonchev–Trinajstić information content (AvgIpc) is 2.30. The highest BCUT2D eigenvalue weighted by atomic mass is 35.5. The van der Waals surface area contributed by atoms with E-state index >= 15 is 0 Å². The second kappa shape index (κ2) is 5.38. The van der Waals surface area contributed by atoms with Crippen LogP contribution in [0.3, 0.4) is 0 Å². The molecule has 1 aliphatic rings. The number of benzene rings is 1. The molecular weight excluding hydrogens is 210 g/mol. The van der Waals surface area contributed by atoms with Crippen molar-refractivity contribution in [1.29, 1.82) is 0 Å². The van der Waals surface area contributed by atoms with Gasteiger partial charge in [0.1, 0.15) is 0 Å². The van der Waals surface area contributed by atoms with Gasteiger partial charge in [0.25, 0.3) is 0 Å². The van der Waals surface area contributed by atoms with Crippen LogP contribution in [-0.4, -0.2) is 19.8 Å². The zero-order valence-corrected chi connectivity index (χ0v) is 9.46. The number of hydrogen-bond acceptors (Lipinski definition) is 2. The van der Waals surface area contributed by atoms with E-state index in [9.17, 15) is 0 Å². The summed E-state index contributed by atoms with van der Waals surface area (Å²) in [6.45, 7) is 2.85. The van der Waals surface area contributed by atoms with Crippen molar-refractivity contribution in [2.45, 2.75) is 12.8 Å². The Labute approximate surface area is 95.6 Å². The smallest absolute Gasteiger partial charge is 0.0469 e. The average molecular weight is 226 g/mol. The van der Waals surface area contributed by atoms with Gasteiger partial charge in [-0.25, -0.2) is 0 Å². The lowest BCUT2D eigenvalue weighted by Crippen LogP contribution is -2.22. The van der Waals surface area contributed by atoms with Gasteiger partial charge in [0.05, 0.1) is 0 Å². The van der Waals surface area contributed by atoms with Crippen LogP contribution in [0.25, 0.3) is 0 Å². The normalized spacial score (nSPS) is 17.7. The summed E-state index contributed by atoms with van der Waals surface area (Å²) in [5.74, 6) is 0.745. The Morgan fingerprint density at radius 1 is 1.20 bits per heavy atom. The largest absolute Gasteiger partial charge is 0.385 e. The first-order valence-corrected chi connectivity index (χ1v) is 5.79. The predicted octanol–water partition coefficient (Wildman–Crippen LogP) is 3.18. The molecule has 15 heavy (non-hydrogen) atoms. The summed E-state index contributed by atoms with van der Waals surface area (Å²) in [6, 6.07) is 7.85. The molecule has 1 fully saturated rings. The molecule has 1 N–H and O–H groups in total. The lowest BCUT2D eigenvalue weighted by molar-refractivity contribution is 0.0699. The molecule has 0 radical (unpaired) electrons. The third-order valence-corrected chi connectivity index (χ3v) is 3.03. The van der Waals surface area contributed by atoms with Gasteiger partial charge in [0.15, 0.2) is 0 Å². The number of nitrogens with one attached hydrogen (secondary N) is 1. The molecule has 0 spiro atoms. The van der Waals surface area contributed by atoms with Crippen LogP contribution in [0.2, 0.25) is 5.02 Å². The fraction of sp³-hybridized carbons (Fsp3) is 0.500. The van der Waals surface area contributed by atoms with E-state index in [4.69, 9.17) is 16.3 Å². The van der Waals surface area contributed by atoms with Crippen LogP contribution in [0.4, 0.5) is 5.69 Å². The first-order chi connectivity index (χ1) is 7.34. The molecular formula is C12H16ClNO. The van der Waals surface area contributed by atoms with Crippen LogP contribution < -0.4 is 5.32 Å². The summed E-state index contributed by atoms with van der Waals surface area (Å²) in [6.07, 6.45) is 2.33. The van der Waals surface area contributed by atoms with Crippen molar-refractivity contribution >= 4 is 17.3 Å². The van der Waals surface area contributed by atoms with Crippen molar-refractivity contribution < 1.29 is 4.74 Å². The Morgan fingerprint density at radius 2 is 1.87 bits per heavy atom. The van der Waals surface area contributed by atoms with Crippen molar-refractivity contribution in [1.82, 2.24) is 0 Å². The highest BCUT2D eigenvalue weighted by Crippen LogP contribution is 2.17. The summed E-state index contributed by atoms with van der Waals surface area (Å²) >= 11 is 5.82. The predicted molar refractivity (Wildman–Crippen MR) is 63.5 cm³/mol. The third kappa shape index (κ3) is 3.40. The fourth-order valence-corrected chi connectivity index (χ4v) is 1.91. The van der Waals surface area contributed by atoms with E-state index in [0.29, 0.717) is 0 Å². The molecule has 3 heteroatoms. The lowest BCUT2D eigenvalue weighted by atomic mass is 10.0. The van der Waals surface area contributed by atoms with Gasteiger partial charge in [-0.1, -0.05) is 11.6 Å². The fourth-order valence-electron chi connectivity index (χ4n) is 1.78. The van der Waals surface area contributed by atoms with Crippen molar-refractivity contribution in [3.8, 4) is 0 Å². The topological polar surface area (TPSA) is 21.3 Å². The monoisotopic (exact) mass is 225 g/mol. The highest BCUT2D eigenvalue weighted by molar-refractivity contribution is 6.30. The molecule has 1 saturated heterocycles. The van der Waals surface area contributed by atoms with Gasteiger partial charge >= 0.3 is 0 Å². The van der Waals surface area contributed by atoms with Gasteiger partial charge in [0.2, 0.25) is 0 Å². The first-order valence-electron chi connectivity index (χ1n) is 5.42. The van der Waals surface area contributed by atoms with Crippen LogP contribution in [0.1, 0.15) is 12.8 Å². The molecule has 0 saturated carbocycles. The van der Waals surface area contributed by atoms with Gasteiger partial charge < -0.3 is 10.1 Å².